The third-order valence-corrected chi connectivity index (χ3v) is 7.39. The molecule has 3 aliphatic rings. The van der Waals surface area contributed by atoms with Crippen molar-refractivity contribution in [2.75, 3.05) is 18.2 Å². The molecule has 3 aromatic rings. The lowest BCUT2D eigenvalue weighted by atomic mass is 9.99. The number of aryl methyl sites for hydroxylation is 1. The lowest BCUT2D eigenvalue weighted by molar-refractivity contribution is -0.121. The first-order valence-corrected chi connectivity index (χ1v) is 12.6. The SMILES string of the molecule is Cc1[nH]n(-c2cccc(Cl)c2)c(=O)c1C1=C(N2CCCC[C@H]2C)C(=O)N(c2ccc3c(c2)OCO3)C1=O. The highest BCUT2D eigenvalue weighted by Gasteiger charge is 2.46. The van der Waals surface area contributed by atoms with Gasteiger partial charge in [0, 0.05) is 29.4 Å². The molecule has 1 fully saturated rings. The lowest BCUT2D eigenvalue weighted by Gasteiger charge is -2.35. The molecule has 2 aromatic carbocycles. The van der Waals surface area contributed by atoms with Gasteiger partial charge in [0.05, 0.1) is 22.5 Å². The number of aromatic amines is 1. The lowest BCUT2D eigenvalue weighted by Crippen LogP contribution is -2.41. The maximum Gasteiger partial charge on any atom is 0.282 e. The van der Waals surface area contributed by atoms with Crippen LogP contribution in [0, 0.1) is 6.92 Å². The quantitative estimate of drug-likeness (QED) is 0.522. The molecule has 0 unspecified atom stereocenters. The molecule has 1 aromatic heterocycles. The Balaban J connectivity index is 1.52. The van der Waals surface area contributed by atoms with Crippen molar-refractivity contribution < 1.29 is 19.1 Å². The number of anilines is 1. The fraction of sp³-hybridized carbons (Fsp3) is 0.296. The molecule has 3 aliphatic heterocycles. The predicted octanol–water partition coefficient (Wildman–Crippen LogP) is 4.02. The normalized spacial score (nSPS) is 19.4. The summed E-state index contributed by atoms with van der Waals surface area (Å²) >= 11 is 6.16. The number of halogens is 1. The molecule has 1 saturated heterocycles. The van der Waals surface area contributed by atoms with Crippen LogP contribution in [0.25, 0.3) is 11.3 Å². The van der Waals surface area contributed by atoms with Gasteiger partial charge in [0.2, 0.25) is 6.79 Å². The first-order valence-electron chi connectivity index (χ1n) is 12.2. The Kier molecular flexibility index (Phi) is 5.60. The average molecular weight is 521 g/mol. The van der Waals surface area contributed by atoms with Crippen molar-refractivity contribution in [2.45, 2.75) is 39.2 Å². The molecule has 1 N–H and O–H groups in total. The molecule has 2 amide bonds. The van der Waals surface area contributed by atoms with E-state index in [4.69, 9.17) is 21.1 Å². The van der Waals surface area contributed by atoms with Gasteiger partial charge >= 0.3 is 0 Å². The number of hydrogen-bond donors (Lipinski definition) is 1. The topological polar surface area (TPSA) is 96.9 Å². The second kappa shape index (κ2) is 8.85. The number of carbonyl (C=O) groups excluding carboxylic acids is 2. The van der Waals surface area contributed by atoms with Crippen LogP contribution in [0.5, 0.6) is 11.5 Å². The predicted molar refractivity (Wildman–Crippen MR) is 138 cm³/mol. The van der Waals surface area contributed by atoms with Gasteiger partial charge in [-0.25, -0.2) is 9.58 Å². The molecule has 0 saturated carbocycles. The van der Waals surface area contributed by atoms with Crippen LogP contribution in [-0.4, -0.2) is 45.9 Å². The number of rotatable bonds is 4. The average Bonchev–Trinajstić information content (AvgIpc) is 3.53. The Morgan fingerprint density at radius 3 is 2.57 bits per heavy atom. The molecule has 0 aliphatic carbocycles. The van der Waals surface area contributed by atoms with Crippen LogP contribution in [0.4, 0.5) is 5.69 Å². The number of H-pyrrole nitrogens is 1. The van der Waals surface area contributed by atoms with E-state index in [0.29, 0.717) is 40.1 Å². The summed E-state index contributed by atoms with van der Waals surface area (Å²) in [6, 6.07) is 11.8. The summed E-state index contributed by atoms with van der Waals surface area (Å²) in [5.41, 5.74) is 1.49. The molecule has 6 rings (SSSR count). The number of amides is 2. The molecule has 190 valence electrons. The summed E-state index contributed by atoms with van der Waals surface area (Å²) in [4.78, 5) is 44.9. The minimum Gasteiger partial charge on any atom is -0.454 e. The number of hydrogen-bond acceptors (Lipinski definition) is 6. The molecule has 37 heavy (non-hydrogen) atoms. The van der Waals surface area contributed by atoms with Crippen LogP contribution in [0.2, 0.25) is 5.02 Å². The smallest absolute Gasteiger partial charge is 0.282 e. The number of aromatic nitrogens is 2. The van der Waals surface area contributed by atoms with Crippen molar-refractivity contribution in [1.82, 2.24) is 14.7 Å². The van der Waals surface area contributed by atoms with E-state index in [1.165, 1.54) is 4.68 Å². The van der Waals surface area contributed by atoms with Crippen LogP contribution in [-0.2, 0) is 9.59 Å². The molecular formula is C27H25ClN4O5. The maximum atomic E-state index is 14.0. The van der Waals surface area contributed by atoms with Crippen LogP contribution >= 0.6 is 11.6 Å². The summed E-state index contributed by atoms with van der Waals surface area (Å²) in [6.07, 6.45) is 2.83. The molecular weight excluding hydrogens is 496 g/mol. The number of imide groups is 1. The maximum absolute atomic E-state index is 14.0. The fourth-order valence-corrected chi connectivity index (χ4v) is 5.52. The Labute approximate surface area is 217 Å². The van der Waals surface area contributed by atoms with Gasteiger partial charge in [0.25, 0.3) is 17.4 Å². The molecule has 1 atom stereocenters. The highest BCUT2D eigenvalue weighted by atomic mass is 35.5. The molecule has 0 spiro atoms. The van der Waals surface area contributed by atoms with E-state index in [9.17, 15) is 14.4 Å². The summed E-state index contributed by atoms with van der Waals surface area (Å²) in [5.74, 6) is 0.00312. The second-order valence-corrected chi connectivity index (χ2v) is 9.91. The summed E-state index contributed by atoms with van der Waals surface area (Å²) in [7, 11) is 0. The zero-order valence-corrected chi connectivity index (χ0v) is 21.2. The first kappa shape index (κ1) is 23.4. The minimum atomic E-state index is -0.547. The number of piperidine rings is 1. The molecule has 10 heteroatoms. The minimum absolute atomic E-state index is 0.0432. The van der Waals surface area contributed by atoms with Crippen molar-refractivity contribution in [3.05, 3.63) is 74.8 Å². The van der Waals surface area contributed by atoms with Gasteiger partial charge in [-0.3, -0.25) is 19.5 Å². The monoisotopic (exact) mass is 520 g/mol. The highest BCUT2D eigenvalue weighted by Crippen LogP contribution is 2.41. The van der Waals surface area contributed by atoms with Gasteiger partial charge in [-0.2, -0.15) is 0 Å². The number of carbonyl (C=O) groups is 2. The van der Waals surface area contributed by atoms with Gasteiger partial charge in [-0.05, 0) is 63.4 Å². The summed E-state index contributed by atoms with van der Waals surface area (Å²) in [6.45, 7) is 4.47. The van der Waals surface area contributed by atoms with Gasteiger partial charge in [-0.15, -0.1) is 0 Å². The number of nitrogens with one attached hydrogen (secondary N) is 1. The van der Waals surface area contributed by atoms with E-state index in [1.807, 2.05) is 11.8 Å². The van der Waals surface area contributed by atoms with Crippen molar-refractivity contribution >= 4 is 34.7 Å². The van der Waals surface area contributed by atoms with E-state index in [1.54, 1.807) is 49.4 Å². The van der Waals surface area contributed by atoms with E-state index >= 15 is 0 Å². The second-order valence-electron chi connectivity index (χ2n) is 9.48. The van der Waals surface area contributed by atoms with Crippen molar-refractivity contribution in [1.29, 1.82) is 0 Å². The molecule has 0 radical (unpaired) electrons. The number of likely N-dealkylation sites (tertiary alicyclic amines) is 1. The molecule has 0 bridgehead atoms. The molecule has 4 heterocycles. The summed E-state index contributed by atoms with van der Waals surface area (Å²) < 4.78 is 12.2. The fourth-order valence-electron chi connectivity index (χ4n) is 5.34. The zero-order chi connectivity index (χ0) is 25.8. The van der Waals surface area contributed by atoms with E-state index < -0.39 is 17.4 Å². The number of ether oxygens (including phenoxy) is 2. The Morgan fingerprint density at radius 1 is 0.973 bits per heavy atom. The third-order valence-electron chi connectivity index (χ3n) is 7.15. The van der Waals surface area contributed by atoms with Crippen LogP contribution in [0.15, 0.2) is 53.0 Å². The van der Waals surface area contributed by atoms with Gasteiger partial charge in [-0.1, -0.05) is 17.7 Å². The Morgan fingerprint density at radius 2 is 1.78 bits per heavy atom. The number of benzene rings is 2. The van der Waals surface area contributed by atoms with Gasteiger partial charge in [0.15, 0.2) is 11.5 Å². The first-order chi connectivity index (χ1) is 17.8. The Hall–Kier alpha value is -3.98. The standard InChI is InChI=1S/C27H25ClN4O5/c1-15-6-3-4-11-30(15)24-23(22-16(2)29-32(26(22)34)19-8-5-7-17(28)12-19)25(33)31(27(24)35)18-9-10-20-21(13-18)37-14-36-20/h5,7-10,12-13,15,29H,3-4,6,11,14H2,1-2H3/t15-/m1/s1. The van der Waals surface area contributed by atoms with E-state index in [0.717, 1.165) is 24.2 Å². The highest BCUT2D eigenvalue weighted by molar-refractivity contribution is 6.45. The van der Waals surface area contributed by atoms with E-state index in [-0.39, 0.29) is 29.7 Å². The zero-order valence-electron chi connectivity index (χ0n) is 20.4. The van der Waals surface area contributed by atoms with E-state index in [2.05, 4.69) is 5.10 Å². The number of fused-ring (bicyclic) bond motifs is 1. The van der Waals surface area contributed by atoms with Gasteiger partial charge < -0.3 is 14.4 Å². The van der Waals surface area contributed by atoms with Crippen molar-refractivity contribution in [2.24, 2.45) is 0 Å². The number of nitrogens with zero attached hydrogens (tertiary/aromatic N) is 3. The molecule has 9 nitrogen and oxygen atoms in total. The van der Waals surface area contributed by atoms with Crippen molar-refractivity contribution in [3.63, 3.8) is 0 Å². The summed E-state index contributed by atoms with van der Waals surface area (Å²) in [5, 5.41) is 3.54. The Bertz CT molecular complexity index is 1540. The van der Waals surface area contributed by atoms with Crippen LogP contribution in [0.3, 0.4) is 0 Å². The largest absolute Gasteiger partial charge is 0.454 e. The van der Waals surface area contributed by atoms with Crippen LogP contribution < -0.4 is 19.9 Å². The van der Waals surface area contributed by atoms with Crippen LogP contribution in [0.1, 0.15) is 37.4 Å². The van der Waals surface area contributed by atoms with Crippen molar-refractivity contribution in [3.8, 4) is 17.2 Å². The van der Waals surface area contributed by atoms with Gasteiger partial charge in [0.1, 0.15) is 5.70 Å². The third kappa shape index (κ3) is 3.72.